The van der Waals surface area contributed by atoms with Gasteiger partial charge >= 0.3 is 0 Å². The number of nitrogens with one attached hydrogen (secondary N) is 1. The number of likely N-dealkylation sites (tertiary alicyclic amines) is 1. The van der Waals surface area contributed by atoms with Gasteiger partial charge in [-0.05, 0) is 57.9 Å². The van der Waals surface area contributed by atoms with Crippen molar-refractivity contribution in [1.29, 1.82) is 0 Å². The number of hydrogen-bond donors (Lipinski definition) is 1. The van der Waals surface area contributed by atoms with E-state index in [-0.39, 0.29) is 0 Å². The third-order valence-electron chi connectivity index (χ3n) is 5.52. The van der Waals surface area contributed by atoms with Crippen molar-refractivity contribution in [2.45, 2.75) is 76.4 Å². The third-order valence-corrected chi connectivity index (χ3v) is 5.52. The van der Waals surface area contributed by atoms with Crippen LogP contribution in [0.5, 0.6) is 0 Å². The minimum Gasteiger partial charge on any atom is -0.342 e. The predicted molar refractivity (Wildman–Crippen MR) is 85.3 cm³/mol. The van der Waals surface area contributed by atoms with Crippen molar-refractivity contribution in [2.75, 3.05) is 26.2 Å². The minimum atomic E-state index is 0.369. The molecule has 0 spiro atoms. The molecule has 3 rings (SSSR count). The second-order valence-corrected chi connectivity index (χ2v) is 7.18. The van der Waals surface area contributed by atoms with E-state index in [0.717, 1.165) is 26.1 Å². The summed E-state index contributed by atoms with van der Waals surface area (Å²) in [4.78, 5) is 17.2. The van der Waals surface area contributed by atoms with E-state index in [9.17, 15) is 4.79 Å². The summed E-state index contributed by atoms with van der Waals surface area (Å²) in [5.41, 5.74) is 0. The van der Waals surface area contributed by atoms with Gasteiger partial charge < -0.3 is 10.2 Å². The highest BCUT2D eigenvalue weighted by Crippen LogP contribution is 2.30. The maximum Gasteiger partial charge on any atom is 0.236 e. The molecule has 3 heterocycles. The van der Waals surface area contributed by atoms with Crippen molar-refractivity contribution in [3.05, 3.63) is 0 Å². The molecular formula is C17H31N3O. The monoisotopic (exact) mass is 293 g/mol. The molecule has 3 saturated heterocycles. The Bertz CT molecular complexity index is 342. The molecule has 2 bridgehead atoms. The van der Waals surface area contributed by atoms with Crippen LogP contribution in [0.1, 0.15) is 58.3 Å². The van der Waals surface area contributed by atoms with Crippen LogP contribution in [0.15, 0.2) is 0 Å². The first-order valence-electron chi connectivity index (χ1n) is 9.04. The van der Waals surface area contributed by atoms with Gasteiger partial charge in [-0.15, -0.1) is 0 Å². The van der Waals surface area contributed by atoms with Crippen molar-refractivity contribution in [2.24, 2.45) is 0 Å². The Labute approximate surface area is 129 Å². The van der Waals surface area contributed by atoms with Crippen LogP contribution in [0.4, 0.5) is 0 Å². The highest BCUT2D eigenvalue weighted by atomic mass is 16.2. The number of rotatable bonds is 5. The zero-order chi connectivity index (χ0) is 14.7. The lowest BCUT2D eigenvalue weighted by molar-refractivity contribution is -0.134. The Morgan fingerprint density at radius 1 is 1.14 bits per heavy atom. The second kappa shape index (κ2) is 7.10. The van der Waals surface area contributed by atoms with Crippen molar-refractivity contribution in [1.82, 2.24) is 15.1 Å². The molecule has 4 heteroatoms. The molecule has 0 radical (unpaired) electrons. The lowest BCUT2D eigenvalue weighted by Gasteiger charge is -2.38. The van der Waals surface area contributed by atoms with Crippen LogP contribution >= 0.6 is 0 Å². The molecule has 21 heavy (non-hydrogen) atoms. The van der Waals surface area contributed by atoms with E-state index in [1.54, 1.807) is 0 Å². The Balaban J connectivity index is 1.57. The molecule has 3 fully saturated rings. The number of carbonyl (C=O) groups excluding carboxylic acids is 1. The summed E-state index contributed by atoms with van der Waals surface area (Å²) in [6.45, 7) is 5.92. The van der Waals surface area contributed by atoms with Crippen molar-refractivity contribution in [3.63, 3.8) is 0 Å². The first-order valence-corrected chi connectivity index (χ1v) is 9.04. The fourth-order valence-corrected chi connectivity index (χ4v) is 4.42. The van der Waals surface area contributed by atoms with Crippen molar-refractivity contribution in [3.8, 4) is 0 Å². The smallest absolute Gasteiger partial charge is 0.236 e. The quantitative estimate of drug-likeness (QED) is 0.842. The minimum absolute atomic E-state index is 0.369. The van der Waals surface area contributed by atoms with E-state index < -0.39 is 0 Å². The number of fused-ring (bicyclic) bond motifs is 2. The Kier molecular flexibility index (Phi) is 5.17. The van der Waals surface area contributed by atoms with E-state index in [2.05, 4.69) is 22.0 Å². The highest BCUT2D eigenvalue weighted by Gasteiger charge is 2.36. The molecule has 0 aromatic carbocycles. The van der Waals surface area contributed by atoms with Gasteiger partial charge in [0.2, 0.25) is 5.91 Å². The van der Waals surface area contributed by atoms with E-state index >= 15 is 0 Å². The van der Waals surface area contributed by atoms with E-state index in [0.29, 0.717) is 30.6 Å². The van der Waals surface area contributed by atoms with Gasteiger partial charge in [-0.1, -0.05) is 6.92 Å². The van der Waals surface area contributed by atoms with Gasteiger partial charge in [0.15, 0.2) is 0 Å². The van der Waals surface area contributed by atoms with Crippen LogP contribution in [0.3, 0.4) is 0 Å². The van der Waals surface area contributed by atoms with Crippen LogP contribution in [-0.4, -0.2) is 60.0 Å². The molecule has 4 nitrogen and oxygen atoms in total. The SMILES string of the molecule is CCCN(CC(=O)N1CCCCC1)C1CC2CCC(C1)N2. The standard InChI is InChI=1S/C17H31N3O/c1-2-8-20(13-17(21)19-9-4-3-5-10-19)16-11-14-6-7-15(12-16)18-14/h14-16,18H,2-13H2,1H3. The first kappa shape index (κ1) is 15.3. The topological polar surface area (TPSA) is 35.6 Å². The molecule has 2 unspecified atom stereocenters. The van der Waals surface area contributed by atoms with Gasteiger partial charge in [-0.2, -0.15) is 0 Å². The van der Waals surface area contributed by atoms with Gasteiger partial charge in [0.05, 0.1) is 6.54 Å². The number of carbonyl (C=O) groups is 1. The summed E-state index contributed by atoms with van der Waals surface area (Å²) >= 11 is 0. The maximum absolute atomic E-state index is 12.6. The van der Waals surface area contributed by atoms with Gasteiger partial charge in [-0.3, -0.25) is 9.69 Å². The van der Waals surface area contributed by atoms with E-state index in [4.69, 9.17) is 0 Å². The summed E-state index contributed by atoms with van der Waals surface area (Å²) in [6.07, 6.45) is 9.97. The number of hydrogen-bond acceptors (Lipinski definition) is 3. The lowest BCUT2D eigenvalue weighted by Crippen LogP contribution is -2.51. The van der Waals surface area contributed by atoms with Crippen molar-refractivity contribution >= 4 is 5.91 Å². The molecule has 0 aliphatic carbocycles. The Hall–Kier alpha value is -0.610. The number of piperidine rings is 2. The number of amides is 1. The van der Waals surface area contributed by atoms with Gasteiger partial charge in [-0.25, -0.2) is 0 Å². The summed E-state index contributed by atoms with van der Waals surface area (Å²) < 4.78 is 0. The first-order chi connectivity index (χ1) is 10.3. The predicted octanol–water partition coefficient (Wildman–Crippen LogP) is 1.99. The lowest BCUT2D eigenvalue weighted by atomic mass is 9.98. The molecule has 1 amide bonds. The molecule has 1 N–H and O–H groups in total. The van der Waals surface area contributed by atoms with E-state index in [1.165, 1.54) is 44.9 Å². The molecular weight excluding hydrogens is 262 g/mol. The molecule has 0 aromatic rings. The van der Waals surface area contributed by atoms with Gasteiger partial charge in [0.25, 0.3) is 0 Å². The molecule has 3 aliphatic rings. The Morgan fingerprint density at radius 2 is 1.81 bits per heavy atom. The summed E-state index contributed by atoms with van der Waals surface area (Å²) in [7, 11) is 0. The maximum atomic E-state index is 12.6. The molecule has 2 atom stereocenters. The molecule has 120 valence electrons. The Morgan fingerprint density at radius 3 is 2.43 bits per heavy atom. The molecule has 3 aliphatic heterocycles. The van der Waals surface area contributed by atoms with Gasteiger partial charge in [0.1, 0.15) is 0 Å². The zero-order valence-electron chi connectivity index (χ0n) is 13.5. The largest absolute Gasteiger partial charge is 0.342 e. The normalized spacial score (nSPS) is 32.7. The average molecular weight is 293 g/mol. The highest BCUT2D eigenvalue weighted by molar-refractivity contribution is 5.78. The van der Waals surface area contributed by atoms with Crippen LogP contribution in [0.2, 0.25) is 0 Å². The van der Waals surface area contributed by atoms with Crippen LogP contribution in [-0.2, 0) is 4.79 Å². The fourth-order valence-electron chi connectivity index (χ4n) is 4.42. The van der Waals surface area contributed by atoms with E-state index in [1.807, 2.05) is 0 Å². The van der Waals surface area contributed by atoms with Crippen LogP contribution < -0.4 is 5.32 Å². The second-order valence-electron chi connectivity index (χ2n) is 7.18. The number of nitrogens with zero attached hydrogens (tertiary/aromatic N) is 2. The van der Waals surface area contributed by atoms with Crippen LogP contribution in [0, 0.1) is 0 Å². The molecule has 0 aromatic heterocycles. The summed E-state index contributed by atoms with van der Waals surface area (Å²) in [5.74, 6) is 0.369. The average Bonchev–Trinajstić information content (AvgIpc) is 2.86. The summed E-state index contributed by atoms with van der Waals surface area (Å²) in [6, 6.07) is 2.04. The third kappa shape index (κ3) is 3.78. The van der Waals surface area contributed by atoms with Crippen LogP contribution in [0.25, 0.3) is 0 Å². The molecule has 0 saturated carbocycles. The summed E-state index contributed by atoms with van der Waals surface area (Å²) in [5, 5.41) is 3.71. The van der Waals surface area contributed by atoms with Gasteiger partial charge in [0, 0.05) is 31.2 Å². The van der Waals surface area contributed by atoms with Crippen molar-refractivity contribution < 1.29 is 4.79 Å². The zero-order valence-corrected chi connectivity index (χ0v) is 13.5. The fraction of sp³-hybridized carbons (Fsp3) is 0.941.